The van der Waals surface area contributed by atoms with E-state index in [-0.39, 0.29) is 17.5 Å². The average Bonchev–Trinajstić information content (AvgIpc) is 2.76. The summed E-state index contributed by atoms with van der Waals surface area (Å²) < 4.78 is 5.44. The first kappa shape index (κ1) is 12.6. The van der Waals surface area contributed by atoms with Crippen molar-refractivity contribution < 1.29 is 9.53 Å². The van der Waals surface area contributed by atoms with Gasteiger partial charge in [0.1, 0.15) is 0 Å². The van der Waals surface area contributed by atoms with Gasteiger partial charge in [-0.2, -0.15) is 0 Å². The molecule has 1 aromatic rings. The molecule has 2 aliphatic rings. The Morgan fingerprint density at radius 1 is 1.42 bits per heavy atom. The van der Waals surface area contributed by atoms with Gasteiger partial charge in [0.05, 0.1) is 12.6 Å². The number of para-hydroxylation sites is 1. The molecule has 0 bridgehead atoms. The van der Waals surface area contributed by atoms with Crippen LogP contribution in [0.5, 0.6) is 0 Å². The van der Waals surface area contributed by atoms with Crippen molar-refractivity contribution in [3.63, 3.8) is 0 Å². The second kappa shape index (κ2) is 4.94. The summed E-state index contributed by atoms with van der Waals surface area (Å²) in [4.78, 5) is 12.3. The molecule has 0 radical (unpaired) electrons. The fourth-order valence-corrected chi connectivity index (χ4v) is 2.85. The highest BCUT2D eigenvalue weighted by atomic mass is 16.5. The summed E-state index contributed by atoms with van der Waals surface area (Å²) >= 11 is 0. The number of amides is 1. The number of hydrogen-bond donors (Lipinski definition) is 2. The van der Waals surface area contributed by atoms with Crippen molar-refractivity contribution in [3.8, 4) is 0 Å². The predicted octanol–water partition coefficient (Wildman–Crippen LogP) is 1.71. The summed E-state index contributed by atoms with van der Waals surface area (Å²) in [6, 6.07) is 7.89. The number of rotatable bonds is 2. The number of benzene rings is 1. The van der Waals surface area contributed by atoms with Crippen molar-refractivity contribution in [2.45, 2.75) is 37.8 Å². The molecule has 2 atom stereocenters. The highest BCUT2D eigenvalue weighted by Crippen LogP contribution is 2.24. The Kier molecular flexibility index (Phi) is 3.29. The molecule has 102 valence electrons. The summed E-state index contributed by atoms with van der Waals surface area (Å²) in [5.74, 6) is 0.0677. The first-order valence-electron chi connectivity index (χ1n) is 6.91. The molecule has 1 amide bonds. The molecule has 1 fully saturated rings. The zero-order valence-corrected chi connectivity index (χ0v) is 11.2. The van der Waals surface area contributed by atoms with Gasteiger partial charge in [-0.15, -0.1) is 0 Å². The number of nitrogens with one attached hydrogen (secondary N) is 2. The van der Waals surface area contributed by atoms with Crippen LogP contribution in [0, 0.1) is 0 Å². The number of carbonyl (C=O) groups excluding carboxylic acids is 1. The molecule has 1 aromatic carbocycles. The van der Waals surface area contributed by atoms with Crippen molar-refractivity contribution in [2.24, 2.45) is 0 Å². The van der Waals surface area contributed by atoms with Crippen molar-refractivity contribution in [2.75, 3.05) is 18.5 Å². The number of fused-ring (bicyclic) bond motifs is 1. The van der Waals surface area contributed by atoms with Crippen LogP contribution in [-0.4, -0.2) is 30.7 Å². The summed E-state index contributed by atoms with van der Waals surface area (Å²) in [5, 5.41) is 6.50. The lowest BCUT2D eigenvalue weighted by molar-refractivity contribution is -0.118. The number of carbonyl (C=O) groups is 1. The van der Waals surface area contributed by atoms with Crippen LogP contribution in [0.3, 0.4) is 0 Å². The SMILES string of the molecule is CC1(NC2CCc3ccccc3NC2=O)CCOC1. The van der Waals surface area contributed by atoms with E-state index >= 15 is 0 Å². The fourth-order valence-electron chi connectivity index (χ4n) is 2.85. The molecule has 2 aliphatic heterocycles. The first-order chi connectivity index (χ1) is 9.16. The quantitative estimate of drug-likeness (QED) is 0.851. The van der Waals surface area contributed by atoms with Gasteiger partial charge in [-0.05, 0) is 37.8 Å². The maximum absolute atomic E-state index is 12.3. The number of anilines is 1. The maximum Gasteiger partial charge on any atom is 0.241 e. The summed E-state index contributed by atoms with van der Waals surface area (Å²) in [5.41, 5.74) is 2.09. The first-order valence-corrected chi connectivity index (χ1v) is 6.91. The molecular weight excluding hydrogens is 240 g/mol. The van der Waals surface area contributed by atoms with Gasteiger partial charge in [0.2, 0.25) is 5.91 Å². The van der Waals surface area contributed by atoms with Crippen LogP contribution in [0.1, 0.15) is 25.3 Å². The van der Waals surface area contributed by atoms with Crippen LogP contribution in [0.25, 0.3) is 0 Å². The molecule has 0 saturated carbocycles. The van der Waals surface area contributed by atoms with E-state index in [4.69, 9.17) is 4.74 Å². The van der Waals surface area contributed by atoms with E-state index in [9.17, 15) is 4.79 Å². The Labute approximate surface area is 113 Å². The second-order valence-corrected chi connectivity index (χ2v) is 5.75. The van der Waals surface area contributed by atoms with Gasteiger partial charge in [-0.3, -0.25) is 10.1 Å². The van der Waals surface area contributed by atoms with Crippen LogP contribution in [0.15, 0.2) is 24.3 Å². The number of hydrogen-bond acceptors (Lipinski definition) is 3. The molecule has 0 spiro atoms. The Hall–Kier alpha value is -1.39. The molecule has 0 aliphatic carbocycles. The molecule has 4 nitrogen and oxygen atoms in total. The van der Waals surface area contributed by atoms with E-state index in [1.807, 2.05) is 18.2 Å². The summed E-state index contributed by atoms with van der Waals surface area (Å²) in [7, 11) is 0. The van der Waals surface area contributed by atoms with Crippen LogP contribution >= 0.6 is 0 Å². The van der Waals surface area contributed by atoms with Crippen LogP contribution < -0.4 is 10.6 Å². The number of ether oxygens (including phenoxy) is 1. The Balaban J connectivity index is 1.74. The largest absolute Gasteiger partial charge is 0.379 e. The fraction of sp³-hybridized carbons (Fsp3) is 0.533. The zero-order valence-electron chi connectivity index (χ0n) is 11.2. The van der Waals surface area contributed by atoms with Crippen molar-refractivity contribution >= 4 is 11.6 Å². The number of aryl methyl sites for hydroxylation is 1. The van der Waals surface area contributed by atoms with Crippen molar-refractivity contribution in [1.29, 1.82) is 0 Å². The Bertz CT molecular complexity index is 481. The molecule has 1 saturated heterocycles. The molecule has 3 rings (SSSR count). The normalized spacial score (nSPS) is 30.6. The van der Waals surface area contributed by atoms with Gasteiger partial charge in [-0.25, -0.2) is 0 Å². The minimum atomic E-state index is -0.140. The third kappa shape index (κ3) is 2.65. The Morgan fingerprint density at radius 3 is 3.05 bits per heavy atom. The lowest BCUT2D eigenvalue weighted by Gasteiger charge is -2.28. The third-order valence-electron chi connectivity index (χ3n) is 4.04. The van der Waals surface area contributed by atoms with Crippen LogP contribution in [0.2, 0.25) is 0 Å². The van der Waals surface area contributed by atoms with E-state index in [2.05, 4.69) is 23.6 Å². The maximum atomic E-state index is 12.3. The summed E-state index contributed by atoms with van der Waals surface area (Å²) in [6.07, 6.45) is 2.71. The van der Waals surface area contributed by atoms with Crippen molar-refractivity contribution in [3.05, 3.63) is 29.8 Å². The van der Waals surface area contributed by atoms with Gasteiger partial charge < -0.3 is 10.1 Å². The van der Waals surface area contributed by atoms with Crippen LogP contribution in [0.4, 0.5) is 5.69 Å². The Morgan fingerprint density at radius 2 is 2.26 bits per heavy atom. The van der Waals surface area contributed by atoms with Crippen LogP contribution in [-0.2, 0) is 16.0 Å². The third-order valence-corrected chi connectivity index (χ3v) is 4.04. The molecule has 4 heteroatoms. The van der Waals surface area contributed by atoms with Gasteiger partial charge >= 0.3 is 0 Å². The minimum Gasteiger partial charge on any atom is -0.379 e. The highest BCUT2D eigenvalue weighted by molar-refractivity contribution is 5.96. The second-order valence-electron chi connectivity index (χ2n) is 5.75. The molecule has 2 N–H and O–H groups in total. The summed E-state index contributed by atoms with van der Waals surface area (Å²) in [6.45, 7) is 3.59. The zero-order chi connectivity index (χ0) is 13.3. The smallest absolute Gasteiger partial charge is 0.241 e. The monoisotopic (exact) mass is 260 g/mol. The lowest BCUT2D eigenvalue weighted by atomic mass is 9.98. The molecule has 0 aromatic heterocycles. The van der Waals surface area contributed by atoms with E-state index in [1.54, 1.807) is 0 Å². The predicted molar refractivity (Wildman–Crippen MR) is 74.2 cm³/mol. The van der Waals surface area contributed by atoms with Gasteiger partial charge in [0.15, 0.2) is 0 Å². The standard InChI is InChI=1S/C15H20N2O2/c1-15(8-9-19-10-15)17-13-7-6-11-4-2-3-5-12(11)16-14(13)18/h2-5,13,17H,6-10H2,1H3,(H,16,18). The van der Waals surface area contributed by atoms with E-state index < -0.39 is 0 Å². The van der Waals surface area contributed by atoms with Gasteiger partial charge in [-0.1, -0.05) is 18.2 Å². The molecular formula is C15H20N2O2. The van der Waals surface area contributed by atoms with E-state index in [0.29, 0.717) is 6.61 Å². The lowest BCUT2D eigenvalue weighted by Crippen LogP contribution is -2.53. The van der Waals surface area contributed by atoms with Gasteiger partial charge in [0.25, 0.3) is 0 Å². The molecule has 2 unspecified atom stereocenters. The van der Waals surface area contributed by atoms with Crippen molar-refractivity contribution in [1.82, 2.24) is 5.32 Å². The van der Waals surface area contributed by atoms with E-state index in [0.717, 1.165) is 31.6 Å². The highest BCUT2D eigenvalue weighted by Gasteiger charge is 2.34. The topological polar surface area (TPSA) is 50.4 Å². The molecule has 19 heavy (non-hydrogen) atoms. The average molecular weight is 260 g/mol. The van der Waals surface area contributed by atoms with E-state index in [1.165, 1.54) is 5.56 Å². The minimum absolute atomic E-state index is 0.0677. The van der Waals surface area contributed by atoms with Gasteiger partial charge in [0, 0.05) is 17.8 Å². The molecule has 2 heterocycles.